The molecule has 0 aromatic heterocycles. The lowest BCUT2D eigenvalue weighted by Gasteiger charge is -2.30. The largest absolute Gasteiger partial charge is 0.493 e. The van der Waals surface area contributed by atoms with E-state index in [9.17, 15) is 23.4 Å². The van der Waals surface area contributed by atoms with Gasteiger partial charge in [0.1, 0.15) is 0 Å². The minimum atomic E-state index is -3.57. The molecule has 0 heterocycles. The van der Waals surface area contributed by atoms with Gasteiger partial charge in [-0.05, 0) is 48.3 Å². The second kappa shape index (κ2) is 15.9. The molecule has 0 saturated carbocycles. The van der Waals surface area contributed by atoms with E-state index in [1.807, 2.05) is 32.0 Å². The molecule has 0 bridgehead atoms. The van der Waals surface area contributed by atoms with Crippen LogP contribution in [0.15, 0.2) is 18.2 Å². The summed E-state index contributed by atoms with van der Waals surface area (Å²) in [6.45, 7) is 8.43. The van der Waals surface area contributed by atoms with Crippen molar-refractivity contribution in [2.24, 2.45) is 17.8 Å². The smallest absolute Gasteiger partial charge is 0.404 e. The molecule has 3 atom stereocenters. The highest BCUT2D eigenvalue weighted by atomic mass is 32.2. The van der Waals surface area contributed by atoms with Crippen molar-refractivity contribution in [3.05, 3.63) is 23.8 Å². The number of methoxy groups -OCH3 is 2. The van der Waals surface area contributed by atoms with Gasteiger partial charge in [-0.25, -0.2) is 17.9 Å². The molecule has 1 amide bonds. The lowest BCUT2D eigenvalue weighted by molar-refractivity contribution is 0.105. The Morgan fingerprint density at radius 1 is 1.08 bits per heavy atom. The molecule has 0 radical (unpaired) electrons. The van der Waals surface area contributed by atoms with Gasteiger partial charge in [0, 0.05) is 26.7 Å². The SMILES string of the molecule is COCCCOc1cc(C[C@@H](C[C@H](NC(=O)O)[C@@H](O)CNS(=O)(=O)CC(C)C)C(C)C)ccc1OC. The Balaban J connectivity index is 2.98. The Bertz CT molecular complexity index is 892. The number of benzene rings is 1. The van der Waals surface area contributed by atoms with E-state index in [1.165, 1.54) is 0 Å². The first-order chi connectivity index (χ1) is 16.9. The number of rotatable bonds is 18. The van der Waals surface area contributed by atoms with Gasteiger partial charge in [0.2, 0.25) is 10.0 Å². The summed E-state index contributed by atoms with van der Waals surface area (Å²) in [4.78, 5) is 11.4. The molecule has 4 N–H and O–H groups in total. The third-order valence-corrected chi connectivity index (χ3v) is 7.53. The van der Waals surface area contributed by atoms with E-state index >= 15 is 0 Å². The zero-order chi connectivity index (χ0) is 27.3. The van der Waals surface area contributed by atoms with Gasteiger partial charge in [-0.1, -0.05) is 33.8 Å². The maximum atomic E-state index is 12.2. The van der Waals surface area contributed by atoms with Gasteiger partial charge in [0.15, 0.2) is 11.5 Å². The molecule has 0 unspecified atom stereocenters. The van der Waals surface area contributed by atoms with E-state index in [2.05, 4.69) is 10.0 Å². The van der Waals surface area contributed by atoms with Crippen LogP contribution in [0.4, 0.5) is 4.79 Å². The fourth-order valence-corrected chi connectivity index (χ4v) is 5.31. The standard InChI is InChI=1S/C25H44N2O8S/c1-17(2)16-36(31,32)26-15-22(28)21(27-25(29)30)14-20(18(3)4)12-19-8-9-23(34-6)24(13-19)35-11-7-10-33-5/h8-9,13,17-18,20-22,26-28H,7,10-12,14-16H2,1-6H3,(H,29,30)/t20-,21-,22-/m0/s1. The average Bonchev–Trinajstić information content (AvgIpc) is 2.78. The van der Waals surface area contributed by atoms with Crippen molar-refractivity contribution in [3.63, 3.8) is 0 Å². The van der Waals surface area contributed by atoms with Crippen LogP contribution in [0.3, 0.4) is 0 Å². The molecule has 11 heteroatoms. The zero-order valence-corrected chi connectivity index (χ0v) is 23.1. The van der Waals surface area contributed by atoms with Crippen molar-refractivity contribution in [3.8, 4) is 11.5 Å². The molecule has 0 aliphatic carbocycles. The second-order valence-corrected chi connectivity index (χ2v) is 11.6. The van der Waals surface area contributed by atoms with Gasteiger partial charge in [0.05, 0.1) is 31.6 Å². The Morgan fingerprint density at radius 3 is 2.33 bits per heavy atom. The fraction of sp³-hybridized carbons (Fsp3) is 0.720. The molecule has 1 aromatic rings. The highest BCUT2D eigenvalue weighted by Crippen LogP contribution is 2.31. The number of carboxylic acid groups (broad SMARTS) is 1. The van der Waals surface area contributed by atoms with Crippen LogP contribution in [0.1, 0.15) is 46.1 Å². The van der Waals surface area contributed by atoms with E-state index in [0.29, 0.717) is 37.6 Å². The maximum Gasteiger partial charge on any atom is 0.404 e. The Labute approximate surface area is 215 Å². The van der Waals surface area contributed by atoms with E-state index < -0.39 is 28.3 Å². The molecule has 208 valence electrons. The summed E-state index contributed by atoms with van der Waals surface area (Å²) in [5.41, 5.74) is 0.984. The molecule has 10 nitrogen and oxygen atoms in total. The lowest BCUT2D eigenvalue weighted by Crippen LogP contribution is -2.49. The Morgan fingerprint density at radius 2 is 1.78 bits per heavy atom. The molecular weight excluding hydrogens is 488 g/mol. The van der Waals surface area contributed by atoms with E-state index in [-0.39, 0.29) is 30.1 Å². The number of sulfonamides is 1. The molecule has 0 aliphatic heterocycles. The number of nitrogens with one attached hydrogen (secondary N) is 2. The van der Waals surface area contributed by atoms with Crippen LogP contribution < -0.4 is 19.5 Å². The highest BCUT2D eigenvalue weighted by Gasteiger charge is 2.28. The summed E-state index contributed by atoms with van der Waals surface area (Å²) in [5, 5.41) is 22.4. The predicted molar refractivity (Wildman–Crippen MR) is 139 cm³/mol. The summed E-state index contributed by atoms with van der Waals surface area (Å²) in [6.07, 6.45) is -0.824. The van der Waals surface area contributed by atoms with Crippen molar-refractivity contribution in [1.29, 1.82) is 0 Å². The first kappa shape index (κ1) is 31.9. The van der Waals surface area contributed by atoms with Crippen LogP contribution in [0.25, 0.3) is 0 Å². The third-order valence-electron chi connectivity index (χ3n) is 5.81. The first-order valence-corrected chi connectivity index (χ1v) is 14.0. The summed E-state index contributed by atoms with van der Waals surface area (Å²) in [5.74, 6) is 1.26. The van der Waals surface area contributed by atoms with Gasteiger partial charge in [0.25, 0.3) is 0 Å². The average molecular weight is 533 g/mol. The Kier molecular flexibility index (Phi) is 14.1. The molecule has 0 fully saturated rings. The minimum absolute atomic E-state index is 0.00138. The number of carbonyl (C=O) groups is 1. The topological polar surface area (TPSA) is 143 Å². The molecule has 0 aliphatic rings. The van der Waals surface area contributed by atoms with E-state index in [1.54, 1.807) is 28.1 Å². The number of amides is 1. The monoisotopic (exact) mass is 532 g/mol. The van der Waals surface area contributed by atoms with E-state index in [4.69, 9.17) is 14.2 Å². The Hall–Kier alpha value is -2.08. The normalized spacial score (nSPS) is 14.5. The molecular formula is C25H44N2O8S. The van der Waals surface area contributed by atoms with Crippen LogP contribution in [-0.4, -0.2) is 76.6 Å². The van der Waals surface area contributed by atoms with Crippen molar-refractivity contribution in [2.45, 2.75) is 59.1 Å². The lowest BCUT2D eigenvalue weighted by atomic mass is 9.83. The molecule has 0 saturated heterocycles. The van der Waals surface area contributed by atoms with Crippen LogP contribution >= 0.6 is 0 Å². The van der Waals surface area contributed by atoms with Crippen LogP contribution in [0, 0.1) is 17.8 Å². The maximum absolute atomic E-state index is 12.2. The van der Waals surface area contributed by atoms with Gasteiger partial charge >= 0.3 is 6.09 Å². The molecule has 36 heavy (non-hydrogen) atoms. The second-order valence-electron chi connectivity index (χ2n) is 9.77. The van der Waals surface area contributed by atoms with Crippen LogP contribution in [0.5, 0.6) is 11.5 Å². The van der Waals surface area contributed by atoms with E-state index in [0.717, 1.165) is 12.0 Å². The van der Waals surface area contributed by atoms with Gasteiger partial charge in [-0.15, -0.1) is 0 Å². The number of hydrogen-bond acceptors (Lipinski definition) is 7. The minimum Gasteiger partial charge on any atom is -0.493 e. The number of aliphatic hydroxyl groups is 1. The number of ether oxygens (including phenoxy) is 3. The van der Waals surface area contributed by atoms with Crippen LogP contribution in [-0.2, 0) is 21.2 Å². The van der Waals surface area contributed by atoms with Crippen LogP contribution in [0.2, 0.25) is 0 Å². The number of hydrogen-bond donors (Lipinski definition) is 4. The van der Waals surface area contributed by atoms with Gasteiger partial charge < -0.3 is 29.7 Å². The molecule has 1 aromatic carbocycles. The highest BCUT2D eigenvalue weighted by molar-refractivity contribution is 7.89. The molecule has 0 spiro atoms. The van der Waals surface area contributed by atoms with Gasteiger partial charge in [-0.3, -0.25) is 0 Å². The van der Waals surface area contributed by atoms with Gasteiger partial charge in [-0.2, -0.15) is 0 Å². The van der Waals surface area contributed by atoms with Crippen molar-refractivity contribution in [2.75, 3.05) is 39.7 Å². The van der Waals surface area contributed by atoms with Crippen molar-refractivity contribution < 1.29 is 37.6 Å². The fourth-order valence-electron chi connectivity index (χ4n) is 3.89. The van der Waals surface area contributed by atoms with Crippen molar-refractivity contribution in [1.82, 2.24) is 10.0 Å². The first-order valence-electron chi connectivity index (χ1n) is 12.3. The third kappa shape index (κ3) is 12.2. The van der Waals surface area contributed by atoms with Crippen molar-refractivity contribution >= 4 is 16.1 Å². The molecule has 1 rings (SSSR count). The summed E-state index contributed by atoms with van der Waals surface area (Å²) >= 11 is 0. The predicted octanol–water partition coefficient (Wildman–Crippen LogP) is 2.89. The summed E-state index contributed by atoms with van der Waals surface area (Å²) < 4.78 is 43.1. The quantitative estimate of drug-likeness (QED) is 0.211. The zero-order valence-electron chi connectivity index (χ0n) is 22.3. The summed E-state index contributed by atoms with van der Waals surface area (Å²) in [6, 6.07) is 4.84. The summed E-state index contributed by atoms with van der Waals surface area (Å²) in [7, 11) is -0.360. The number of aliphatic hydroxyl groups excluding tert-OH is 1.